The van der Waals surface area contributed by atoms with E-state index < -0.39 is 0 Å². The Bertz CT molecular complexity index is 467. The molecule has 1 aliphatic rings. The number of hydrogen-bond acceptors (Lipinski definition) is 2. The highest BCUT2D eigenvalue weighted by molar-refractivity contribution is 5.27. The van der Waals surface area contributed by atoms with Crippen molar-refractivity contribution in [1.82, 2.24) is 5.32 Å². The minimum Gasteiger partial charge on any atom is -0.481 e. The summed E-state index contributed by atoms with van der Waals surface area (Å²) >= 11 is 0. The van der Waals surface area contributed by atoms with Gasteiger partial charge in [-0.25, -0.2) is 0 Å². The molecule has 1 N–H and O–H groups in total. The minimum absolute atomic E-state index is 0.326. The standard InChI is InChI=1S/C18H23NO/c1-2-14-20-18-10-8-17(9-11-18)15-19-13-12-16-6-4-3-5-7-16/h1,6,8-11,19H,3-5,7,12-15H2. The first-order valence-electron chi connectivity index (χ1n) is 7.42. The van der Waals surface area contributed by atoms with Crippen molar-refractivity contribution in [1.29, 1.82) is 0 Å². The summed E-state index contributed by atoms with van der Waals surface area (Å²) in [7, 11) is 0. The van der Waals surface area contributed by atoms with Crippen molar-refractivity contribution >= 4 is 0 Å². The van der Waals surface area contributed by atoms with E-state index >= 15 is 0 Å². The molecule has 0 aliphatic heterocycles. The first kappa shape index (κ1) is 14.7. The largest absolute Gasteiger partial charge is 0.481 e. The second-order valence-corrected chi connectivity index (χ2v) is 5.17. The van der Waals surface area contributed by atoms with Crippen LogP contribution < -0.4 is 10.1 Å². The van der Waals surface area contributed by atoms with Crippen molar-refractivity contribution in [3.05, 3.63) is 41.5 Å². The monoisotopic (exact) mass is 269 g/mol. The Kier molecular flexibility index (Phi) is 6.20. The van der Waals surface area contributed by atoms with Gasteiger partial charge in [0, 0.05) is 6.54 Å². The third kappa shape index (κ3) is 5.11. The predicted molar refractivity (Wildman–Crippen MR) is 83.6 cm³/mol. The molecule has 0 saturated carbocycles. The molecule has 0 heterocycles. The van der Waals surface area contributed by atoms with Gasteiger partial charge in [0.1, 0.15) is 12.4 Å². The van der Waals surface area contributed by atoms with Crippen LogP contribution in [0.3, 0.4) is 0 Å². The molecule has 2 nitrogen and oxygen atoms in total. The summed E-state index contributed by atoms with van der Waals surface area (Å²) in [6, 6.07) is 8.10. The molecule has 20 heavy (non-hydrogen) atoms. The van der Waals surface area contributed by atoms with Crippen LogP contribution in [-0.4, -0.2) is 13.2 Å². The summed E-state index contributed by atoms with van der Waals surface area (Å²) in [6.07, 6.45) is 14.1. The van der Waals surface area contributed by atoms with Gasteiger partial charge < -0.3 is 10.1 Å². The molecular weight excluding hydrogens is 246 g/mol. The van der Waals surface area contributed by atoms with Gasteiger partial charge in [0.15, 0.2) is 0 Å². The van der Waals surface area contributed by atoms with Crippen LogP contribution in [0.2, 0.25) is 0 Å². The van der Waals surface area contributed by atoms with Gasteiger partial charge in [0.25, 0.3) is 0 Å². The van der Waals surface area contributed by atoms with E-state index in [9.17, 15) is 0 Å². The lowest BCUT2D eigenvalue weighted by Gasteiger charge is -2.13. The zero-order valence-electron chi connectivity index (χ0n) is 12.0. The summed E-state index contributed by atoms with van der Waals surface area (Å²) in [5, 5.41) is 3.50. The van der Waals surface area contributed by atoms with Crippen molar-refractivity contribution in [2.45, 2.75) is 38.6 Å². The quantitative estimate of drug-likeness (QED) is 0.463. The van der Waals surface area contributed by atoms with Gasteiger partial charge in [-0.05, 0) is 56.3 Å². The third-order valence-electron chi connectivity index (χ3n) is 3.58. The minimum atomic E-state index is 0.326. The molecule has 0 atom stereocenters. The third-order valence-corrected chi connectivity index (χ3v) is 3.58. The Morgan fingerprint density at radius 2 is 2.05 bits per heavy atom. The lowest BCUT2D eigenvalue weighted by Crippen LogP contribution is -2.15. The SMILES string of the molecule is C#CCOc1ccc(CNCCC2=CCCCC2)cc1. The Balaban J connectivity index is 1.66. The zero-order valence-corrected chi connectivity index (χ0v) is 12.0. The van der Waals surface area contributed by atoms with Crippen LogP contribution in [0, 0.1) is 12.3 Å². The molecule has 0 fully saturated rings. The van der Waals surface area contributed by atoms with Crippen LogP contribution in [0.15, 0.2) is 35.9 Å². The van der Waals surface area contributed by atoms with Gasteiger partial charge in [-0.1, -0.05) is 29.7 Å². The van der Waals surface area contributed by atoms with E-state index in [0.717, 1.165) is 18.8 Å². The van der Waals surface area contributed by atoms with E-state index in [0.29, 0.717) is 6.61 Å². The maximum absolute atomic E-state index is 5.35. The molecule has 0 saturated heterocycles. The molecule has 0 amide bonds. The van der Waals surface area contributed by atoms with Crippen molar-refractivity contribution in [2.75, 3.05) is 13.2 Å². The van der Waals surface area contributed by atoms with E-state index in [2.05, 4.69) is 29.4 Å². The van der Waals surface area contributed by atoms with Crippen molar-refractivity contribution in [2.24, 2.45) is 0 Å². The van der Waals surface area contributed by atoms with Crippen molar-refractivity contribution < 1.29 is 4.74 Å². The number of ether oxygens (including phenoxy) is 1. The average molecular weight is 269 g/mol. The Morgan fingerprint density at radius 1 is 1.20 bits per heavy atom. The van der Waals surface area contributed by atoms with E-state index in [1.807, 2.05) is 12.1 Å². The maximum atomic E-state index is 5.35. The van der Waals surface area contributed by atoms with Gasteiger partial charge in [0.05, 0.1) is 0 Å². The zero-order chi connectivity index (χ0) is 14.0. The molecule has 106 valence electrons. The second-order valence-electron chi connectivity index (χ2n) is 5.17. The molecule has 0 aromatic heterocycles. The van der Waals surface area contributed by atoms with Gasteiger partial charge in [-0.3, -0.25) is 0 Å². The smallest absolute Gasteiger partial charge is 0.148 e. The highest BCUT2D eigenvalue weighted by Crippen LogP contribution is 2.19. The normalized spacial score (nSPS) is 14.4. The van der Waals surface area contributed by atoms with Gasteiger partial charge in [0.2, 0.25) is 0 Å². The molecule has 0 bridgehead atoms. The summed E-state index contributed by atoms with van der Waals surface area (Å²) in [6.45, 7) is 2.29. The number of rotatable bonds is 7. The fraction of sp³-hybridized carbons (Fsp3) is 0.444. The van der Waals surface area contributed by atoms with E-state index in [1.165, 1.54) is 37.7 Å². The lowest BCUT2D eigenvalue weighted by atomic mass is 9.97. The summed E-state index contributed by atoms with van der Waals surface area (Å²) in [5.41, 5.74) is 2.90. The van der Waals surface area contributed by atoms with Gasteiger partial charge in [-0.2, -0.15) is 0 Å². The summed E-state index contributed by atoms with van der Waals surface area (Å²) < 4.78 is 5.35. The van der Waals surface area contributed by atoms with Crippen LogP contribution in [0.5, 0.6) is 5.75 Å². The molecule has 1 aliphatic carbocycles. The molecule has 2 rings (SSSR count). The molecular formula is C18H23NO. The first-order chi connectivity index (χ1) is 9.88. The fourth-order valence-corrected chi connectivity index (χ4v) is 2.44. The van der Waals surface area contributed by atoms with E-state index in [4.69, 9.17) is 11.2 Å². The van der Waals surface area contributed by atoms with Crippen LogP contribution in [-0.2, 0) is 6.54 Å². The van der Waals surface area contributed by atoms with Crippen LogP contribution in [0.25, 0.3) is 0 Å². The second kappa shape index (κ2) is 8.45. The number of hydrogen-bond donors (Lipinski definition) is 1. The molecule has 1 aromatic carbocycles. The Morgan fingerprint density at radius 3 is 2.75 bits per heavy atom. The van der Waals surface area contributed by atoms with Crippen molar-refractivity contribution in [3.63, 3.8) is 0 Å². The van der Waals surface area contributed by atoms with Gasteiger partial charge >= 0.3 is 0 Å². The predicted octanol–water partition coefficient (Wildman–Crippen LogP) is 3.68. The molecule has 2 heteroatoms. The maximum Gasteiger partial charge on any atom is 0.148 e. The summed E-state index contributed by atoms with van der Waals surface area (Å²) in [5.74, 6) is 3.30. The lowest BCUT2D eigenvalue weighted by molar-refractivity contribution is 0.370. The number of benzene rings is 1. The van der Waals surface area contributed by atoms with E-state index in [-0.39, 0.29) is 0 Å². The number of allylic oxidation sites excluding steroid dienone is 1. The van der Waals surface area contributed by atoms with E-state index in [1.54, 1.807) is 5.57 Å². The number of terminal acetylenes is 1. The first-order valence-corrected chi connectivity index (χ1v) is 7.42. The van der Waals surface area contributed by atoms with Crippen LogP contribution >= 0.6 is 0 Å². The molecule has 0 unspecified atom stereocenters. The van der Waals surface area contributed by atoms with Crippen LogP contribution in [0.1, 0.15) is 37.7 Å². The average Bonchev–Trinajstić information content (AvgIpc) is 2.52. The highest BCUT2D eigenvalue weighted by atomic mass is 16.5. The Hall–Kier alpha value is -1.72. The highest BCUT2D eigenvalue weighted by Gasteiger charge is 2.02. The molecule has 0 radical (unpaired) electrons. The van der Waals surface area contributed by atoms with Crippen LogP contribution in [0.4, 0.5) is 0 Å². The number of nitrogens with one attached hydrogen (secondary N) is 1. The summed E-state index contributed by atoms with van der Waals surface area (Å²) in [4.78, 5) is 0. The Labute approximate surface area is 122 Å². The van der Waals surface area contributed by atoms with Gasteiger partial charge in [-0.15, -0.1) is 6.42 Å². The topological polar surface area (TPSA) is 21.3 Å². The molecule has 1 aromatic rings. The fourth-order valence-electron chi connectivity index (χ4n) is 2.44. The van der Waals surface area contributed by atoms with Crippen molar-refractivity contribution in [3.8, 4) is 18.1 Å². The molecule has 0 spiro atoms.